The minimum Gasteiger partial charge on any atom is -0.454 e. The summed E-state index contributed by atoms with van der Waals surface area (Å²) < 4.78 is 18.7. The summed E-state index contributed by atoms with van der Waals surface area (Å²) in [6.45, 7) is 7.38. The standard InChI is InChI=1S/C26H31N5O4S/c1-2-27-25(32)28-10-3-11-31-22(19-4-9-23-24(16-19)35-18-34-23)17-36-26(31)29-20-5-7-21(8-6-20)30-12-14-33-15-13-30/h4-9,16-17H,2-3,10-15,18H2,1H3,(H2,27,28,32). The van der Waals surface area contributed by atoms with Gasteiger partial charge in [0.15, 0.2) is 16.3 Å². The Balaban J connectivity index is 1.40. The topological polar surface area (TPSA) is 89.4 Å². The second-order valence-corrected chi connectivity index (χ2v) is 9.33. The van der Waals surface area contributed by atoms with Crippen LogP contribution in [0.3, 0.4) is 0 Å². The first-order chi connectivity index (χ1) is 17.7. The molecule has 1 aromatic heterocycles. The molecule has 2 aliphatic heterocycles. The number of ether oxygens (including phenoxy) is 3. The van der Waals surface area contributed by atoms with Gasteiger partial charge in [-0.2, -0.15) is 0 Å². The minimum absolute atomic E-state index is 0.144. The molecule has 2 aliphatic rings. The highest BCUT2D eigenvalue weighted by Gasteiger charge is 2.16. The summed E-state index contributed by atoms with van der Waals surface area (Å²) >= 11 is 1.60. The van der Waals surface area contributed by atoms with E-state index in [1.165, 1.54) is 5.69 Å². The predicted molar refractivity (Wildman–Crippen MR) is 140 cm³/mol. The number of rotatable bonds is 8. The van der Waals surface area contributed by atoms with Crippen LogP contribution in [0.4, 0.5) is 16.2 Å². The Kier molecular flexibility index (Phi) is 7.73. The average molecular weight is 510 g/mol. The van der Waals surface area contributed by atoms with Gasteiger partial charge >= 0.3 is 6.03 Å². The number of carbonyl (C=O) groups excluding carboxylic acids is 1. The van der Waals surface area contributed by atoms with Crippen molar-refractivity contribution in [3.63, 3.8) is 0 Å². The van der Waals surface area contributed by atoms with E-state index in [1.807, 2.05) is 25.1 Å². The summed E-state index contributed by atoms with van der Waals surface area (Å²) in [5, 5.41) is 7.79. The van der Waals surface area contributed by atoms with Crippen LogP contribution in [0.2, 0.25) is 0 Å². The van der Waals surface area contributed by atoms with Crippen LogP contribution in [0.15, 0.2) is 52.8 Å². The zero-order chi connectivity index (χ0) is 24.7. The Morgan fingerprint density at radius 3 is 2.67 bits per heavy atom. The van der Waals surface area contributed by atoms with Gasteiger partial charge in [-0.3, -0.25) is 0 Å². The number of morpholine rings is 1. The molecule has 0 aliphatic carbocycles. The third-order valence-corrected chi connectivity index (χ3v) is 6.96. The molecule has 0 saturated carbocycles. The van der Waals surface area contributed by atoms with Gasteiger partial charge in [-0.1, -0.05) is 0 Å². The number of fused-ring (bicyclic) bond motifs is 1. The first kappa shape index (κ1) is 24.2. The maximum absolute atomic E-state index is 11.8. The fourth-order valence-electron chi connectivity index (χ4n) is 4.25. The number of benzene rings is 2. The zero-order valence-electron chi connectivity index (χ0n) is 20.4. The number of nitrogens with zero attached hydrogens (tertiary/aromatic N) is 3. The zero-order valence-corrected chi connectivity index (χ0v) is 21.2. The highest BCUT2D eigenvalue weighted by atomic mass is 32.1. The summed E-state index contributed by atoms with van der Waals surface area (Å²) in [6, 6.07) is 14.2. The number of anilines is 1. The monoisotopic (exact) mass is 509 g/mol. The number of hydrogen-bond acceptors (Lipinski definition) is 7. The molecule has 10 heteroatoms. The Morgan fingerprint density at radius 1 is 1.06 bits per heavy atom. The molecule has 3 heterocycles. The Labute approximate surface area is 214 Å². The second kappa shape index (κ2) is 11.5. The van der Waals surface area contributed by atoms with Gasteiger partial charge in [0.1, 0.15) is 0 Å². The Hall–Kier alpha value is -3.50. The molecule has 2 N–H and O–H groups in total. The molecule has 2 amide bonds. The number of carbonyl (C=O) groups is 1. The number of urea groups is 1. The van der Waals surface area contributed by atoms with Crippen molar-refractivity contribution in [1.29, 1.82) is 0 Å². The van der Waals surface area contributed by atoms with Crippen molar-refractivity contribution in [1.82, 2.24) is 15.2 Å². The van der Waals surface area contributed by atoms with E-state index in [0.29, 0.717) is 19.6 Å². The van der Waals surface area contributed by atoms with Gasteiger partial charge in [0, 0.05) is 49.4 Å². The van der Waals surface area contributed by atoms with E-state index in [9.17, 15) is 4.79 Å². The van der Waals surface area contributed by atoms with E-state index >= 15 is 0 Å². The van der Waals surface area contributed by atoms with Crippen LogP contribution in [0.1, 0.15) is 13.3 Å². The van der Waals surface area contributed by atoms with Gasteiger partial charge in [0.2, 0.25) is 6.79 Å². The molecule has 3 aromatic rings. The van der Waals surface area contributed by atoms with Crippen molar-refractivity contribution in [3.8, 4) is 22.8 Å². The number of hydrogen-bond donors (Lipinski definition) is 2. The van der Waals surface area contributed by atoms with Crippen LogP contribution in [-0.2, 0) is 11.3 Å². The molecule has 36 heavy (non-hydrogen) atoms. The number of nitrogens with one attached hydrogen (secondary N) is 2. The van der Waals surface area contributed by atoms with Gasteiger partial charge in [0.05, 0.1) is 24.6 Å². The van der Waals surface area contributed by atoms with Crippen LogP contribution in [0.25, 0.3) is 11.3 Å². The van der Waals surface area contributed by atoms with Crippen molar-refractivity contribution in [3.05, 3.63) is 52.6 Å². The fraction of sp³-hybridized carbons (Fsp3) is 0.385. The van der Waals surface area contributed by atoms with Gasteiger partial charge in [-0.05, 0) is 55.8 Å². The Morgan fingerprint density at radius 2 is 1.86 bits per heavy atom. The lowest BCUT2D eigenvalue weighted by Gasteiger charge is -2.28. The third kappa shape index (κ3) is 5.66. The molecular weight excluding hydrogens is 478 g/mol. The molecule has 0 unspecified atom stereocenters. The molecule has 2 aromatic carbocycles. The third-order valence-electron chi connectivity index (χ3n) is 6.10. The van der Waals surface area contributed by atoms with Gasteiger partial charge in [-0.15, -0.1) is 11.3 Å². The first-order valence-corrected chi connectivity index (χ1v) is 13.2. The van der Waals surface area contributed by atoms with E-state index in [0.717, 1.165) is 66.0 Å². The molecule has 190 valence electrons. The van der Waals surface area contributed by atoms with Crippen LogP contribution in [0.5, 0.6) is 11.5 Å². The van der Waals surface area contributed by atoms with Crippen LogP contribution in [-0.4, -0.2) is 56.8 Å². The summed E-state index contributed by atoms with van der Waals surface area (Å²) in [6.07, 6.45) is 0.772. The largest absolute Gasteiger partial charge is 0.454 e. The molecule has 0 bridgehead atoms. The van der Waals surface area contributed by atoms with Crippen molar-refractivity contribution in [2.75, 3.05) is 51.1 Å². The lowest BCUT2D eigenvalue weighted by Crippen LogP contribution is -2.36. The first-order valence-electron chi connectivity index (χ1n) is 12.3. The SMILES string of the molecule is CCNC(=O)NCCCn1c(-c2ccc3c(c2)OCO3)csc1=Nc1ccc(N2CCOCC2)cc1. The lowest BCUT2D eigenvalue weighted by molar-refractivity contribution is 0.122. The van der Waals surface area contributed by atoms with E-state index in [2.05, 4.69) is 49.7 Å². The normalized spacial score (nSPS) is 15.2. The highest BCUT2D eigenvalue weighted by Crippen LogP contribution is 2.36. The minimum atomic E-state index is -0.144. The molecule has 9 nitrogen and oxygen atoms in total. The molecule has 1 fully saturated rings. The molecule has 0 atom stereocenters. The fourth-order valence-corrected chi connectivity index (χ4v) is 5.21. The maximum Gasteiger partial charge on any atom is 0.314 e. The van der Waals surface area contributed by atoms with Crippen molar-refractivity contribution in [2.24, 2.45) is 4.99 Å². The van der Waals surface area contributed by atoms with Crippen LogP contribution < -0.4 is 29.8 Å². The molecule has 5 rings (SSSR count). The van der Waals surface area contributed by atoms with E-state index in [4.69, 9.17) is 19.2 Å². The second-order valence-electron chi connectivity index (χ2n) is 8.49. The molecular formula is C26H31N5O4S. The van der Waals surface area contributed by atoms with E-state index in [1.54, 1.807) is 11.3 Å². The molecule has 1 saturated heterocycles. The van der Waals surface area contributed by atoms with Gasteiger partial charge < -0.3 is 34.3 Å². The summed E-state index contributed by atoms with van der Waals surface area (Å²) in [7, 11) is 0. The van der Waals surface area contributed by atoms with Crippen molar-refractivity contribution in [2.45, 2.75) is 19.9 Å². The molecule has 0 radical (unpaired) electrons. The predicted octanol–water partition coefficient (Wildman–Crippen LogP) is 3.72. The van der Waals surface area contributed by atoms with Crippen molar-refractivity contribution < 1.29 is 19.0 Å². The van der Waals surface area contributed by atoms with Gasteiger partial charge in [0.25, 0.3) is 0 Å². The highest BCUT2D eigenvalue weighted by molar-refractivity contribution is 7.07. The summed E-state index contributed by atoms with van der Waals surface area (Å²) in [5.41, 5.74) is 4.19. The smallest absolute Gasteiger partial charge is 0.314 e. The average Bonchev–Trinajstić information content (AvgIpc) is 3.54. The maximum atomic E-state index is 11.8. The lowest BCUT2D eigenvalue weighted by atomic mass is 10.1. The van der Waals surface area contributed by atoms with Crippen LogP contribution in [0, 0.1) is 0 Å². The number of thiazole rings is 1. The van der Waals surface area contributed by atoms with Crippen LogP contribution >= 0.6 is 11.3 Å². The van der Waals surface area contributed by atoms with Crippen molar-refractivity contribution >= 4 is 28.7 Å². The summed E-state index contributed by atoms with van der Waals surface area (Å²) in [4.78, 5) is 20.0. The quantitative estimate of drug-likeness (QED) is 0.452. The molecule has 0 spiro atoms. The van der Waals surface area contributed by atoms with E-state index in [-0.39, 0.29) is 12.8 Å². The van der Waals surface area contributed by atoms with E-state index < -0.39 is 0 Å². The number of amides is 2. The summed E-state index contributed by atoms with van der Waals surface area (Å²) in [5.74, 6) is 1.51. The Bertz CT molecular complexity index is 1250. The van der Waals surface area contributed by atoms with Gasteiger partial charge in [-0.25, -0.2) is 9.79 Å². The number of aromatic nitrogens is 1.